The van der Waals surface area contributed by atoms with Crippen LogP contribution in [0.2, 0.25) is 0 Å². The Balaban J connectivity index is 5.10. The highest BCUT2D eigenvalue weighted by Gasteiger charge is 2.44. The van der Waals surface area contributed by atoms with Crippen LogP contribution in [-0.2, 0) is 33.6 Å². The van der Waals surface area contributed by atoms with Crippen molar-refractivity contribution in [1.82, 2.24) is 0 Å². The molecule has 164 valence electrons. The highest BCUT2D eigenvalue weighted by Crippen LogP contribution is 2.22. The minimum atomic E-state index is -2.45. The molecule has 0 heterocycles. The third-order valence-electron chi connectivity index (χ3n) is 3.42. The lowest BCUT2D eigenvalue weighted by atomic mass is 10.2. The average Bonchev–Trinajstić information content (AvgIpc) is 2.70. The summed E-state index contributed by atoms with van der Waals surface area (Å²) in [4.78, 5) is 44.1. The Morgan fingerprint density at radius 2 is 1.20 bits per heavy atom. The Bertz CT molecular complexity index is 656. The van der Waals surface area contributed by atoms with Crippen LogP contribution in [0.15, 0.2) is 0 Å². The van der Waals surface area contributed by atoms with E-state index in [-0.39, 0.29) is 58.3 Å². The van der Waals surface area contributed by atoms with E-state index in [9.17, 15) is 24.6 Å². The molecule has 0 aliphatic rings. The summed E-state index contributed by atoms with van der Waals surface area (Å²) < 4.78 is 10.5. The number of aliphatic hydroxyl groups is 2. The van der Waals surface area contributed by atoms with Crippen molar-refractivity contribution in [2.75, 3.05) is 26.4 Å². The number of nitriles is 3. The van der Waals surface area contributed by atoms with Crippen LogP contribution in [0.5, 0.6) is 0 Å². The average molecular weight is 425 g/mol. The lowest BCUT2D eigenvalue weighted by molar-refractivity contribution is -0.526. The number of hydrogen-bond donors (Lipinski definition) is 2. The molecule has 0 aromatic heterocycles. The smallest absolute Gasteiger partial charge is 0.341 e. The number of aliphatic hydroxyl groups excluding tert-OH is 2. The van der Waals surface area contributed by atoms with Crippen molar-refractivity contribution in [1.29, 1.82) is 15.8 Å². The minimum Gasteiger partial charge on any atom is -0.393 e. The molecule has 0 aliphatic heterocycles. The van der Waals surface area contributed by atoms with Gasteiger partial charge in [0.25, 0.3) is 0 Å². The Kier molecular flexibility index (Phi) is 14.6. The first-order valence-corrected chi connectivity index (χ1v) is 8.88. The van der Waals surface area contributed by atoms with Gasteiger partial charge in [0.1, 0.15) is 17.3 Å². The third kappa shape index (κ3) is 11.3. The van der Waals surface area contributed by atoms with Crippen molar-refractivity contribution in [3.05, 3.63) is 0 Å². The molecule has 0 rings (SSSR count). The molecule has 0 saturated carbocycles. The molecule has 0 fully saturated rings. The van der Waals surface area contributed by atoms with Crippen molar-refractivity contribution in [3.63, 3.8) is 0 Å². The fourth-order valence-electron chi connectivity index (χ4n) is 1.87. The highest BCUT2D eigenvalue weighted by molar-refractivity contribution is 5.81. The van der Waals surface area contributed by atoms with E-state index < -0.39 is 36.0 Å². The number of rotatable bonds is 18. The normalized spacial score (nSPS) is 11.7. The van der Waals surface area contributed by atoms with Gasteiger partial charge in [-0.25, -0.2) is 4.89 Å². The fourth-order valence-corrected chi connectivity index (χ4v) is 1.87. The van der Waals surface area contributed by atoms with Crippen LogP contribution < -0.4 is 0 Å². The molecule has 0 amide bonds. The number of hydrogen-bond acceptors (Lipinski definition) is 12. The van der Waals surface area contributed by atoms with E-state index in [0.717, 1.165) is 0 Å². The molecular weight excluding hydrogens is 402 g/mol. The van der Waals surface area contributed by atoms with Crippen molar-refractivity contribution in [2.45, 2.75) is 50.6 Å². The van der Waals surface area contributed by atoms with Crippen molar-refractivity contribution in [3.8, 4) is 18.2 Å². The maximum Gasteiger partial charge on any atom is 0.341 e. The minimum absolute atomic E-state index is 0.194. The van der Waals surface area contributed by atoms with Crippen LogP contribution in [0.25, 0.3) is 0 Å². The largest absolute Gasteiger partial charge is 0.393 e. The first-order valence-electron chi connectivity index (χ1n) is 8.88. The lowest BCUT2D eigenvalue weighted by Crippen LogP contribution is -2.52. The molecule has 0 spiro atoms. The number of ether oxygens (including phenoxy) is 2. The van der Waals surface area contributed by atoms with Crippen molar-refractivity contribution < 1.29 is 43.8 Å². The number of Topliss-reactive ketones (excluding diaryl/α,β-unsaturated/α-hetero) is 3. The Hall–Kier alpha value is -2.76. The highest BCUT2D eigenvalue weighted by atomic mass is 17.3. The zero-order valence-corrected chi connectivity index (χ0v) is 16.2. The van der Waals surface area contributed by atoms with E-state index in [0.29, 0.717) is 0 Å². The molecule has 30 heavy (non-hydrogen) atoms. The maximum atomic E-state index is 11.5. The van der Waals surface area contributed by atoms with Crippen LogP contribution in [0.4, 0.5) is 0 Å². The summed E-state index contributed by atoms with van der Waals surface area (Å²) in [5, 5.41) is 44.9. The topological polar surface area (TPSA) is 200 Å². The quantitative estimate of drug-likeness (QED) is 0.125. The zero-order valence-electron chi connectivity index (χ0n) is 16.2. The second kappa shape index (κ2) is 16.1. The summed E-state index contributed by atoms with van der Waals surface area (Å²) in [6.45, 7) is -2.04. The fraction of sp³-hybridized carbons (Fsp3) is 0.667. The molecule has 12 heteroatoms. The SMILES string of the molecule is N#CCC(=O)CCOOC(OCCC(=O)CC#N)(OCCC(=O)CC#N)C(O)CO. The van der Waals surface area contributed by atoms with Gasteiger partial charge in [-0.1, -0.05) is 0 Å². The predicted octanol–water partition coefficient (Wildman–Crippen LogP) is -0.407. The van der Waals surface area contributed by atoms with Crippen molar-refractivity contribution in [2.24, 2.45) is 0 Å². The summed E-state index contributed by atoms with van der Waals surface area (Å²) in [5.74, 6) is -3.80. The second-order valence-electron chi connectivity index (χ2n) is 5.77. The number of carbonyl (C=O) groups is 3. The number of nitrogens with zero attached hydrogens (tertiary/aromatic N) is 3. The van der Waals surface area contributed by atoms with E-state index in [1.54, 1.807) is 18.2 Å². The van der Waals surface area contributed by atoms with Gasteiger partial charge in [-0.2, -0.15) is 20.7 Å². The molecule has 0 bridgehead atoms. The number of ketones is 3. The van der Waals surface area contributed by atoms with E-state index in [1.165, 1.54) is 0 Å². The lowest BCUT2D eigenvalue weighted by Gasteiger charge is -2.34. The van der Waals surface area contributed by atoms with Gasteiger partial charge in [0.2, 0.25) is 0 Å². The van der Waals surface area contributed by atoms with Gasteiger partial charge in [0.15, 0.2) is 6.10 Å². The van der Waals surface area contributed by atoms with Gasteiger partial charge in [0, 0.05) is 19.3 Å². The van der Waals surface area contributed by atoms with Crippen LogP contribution in [0, 0.1) is 34.0 Å². The van der Waals surface area contributed by atoms with E-state index in [2.05, 4.69) is 0 Å². The van der Waals surface area contributed by atoms with Crippen molar-refractivity contribution >= 4 is 17.3 Å². The molecule has 0 saturated heterocycles. The first kappa shape index (κ1) is 27.2. The molecule has 2 N–H and O–H groups in total. The summed E-state index contributed by atoms with van der Waals surface area (Å²) in [6, 6.07) is 5.01. The molecule has 1 atom stereocenters. The van der Waals surface area contributed by atoms with Gasteiger partial charge < -0.3 is 19.7 Å². The standard InChI is InChI=1S/C18H23N3O9/c19-7-1-14(23)4-10-27-18(17(26)13-22,28-11-5-15(24)2-8-20)30-29-12-6-16(25)3-9-21/h17,22,26H,1-6,10-13H2. The zero-order chi connectivity index (χ0) is 22.8. The molecule has 0 aliphatic carbocycles. The van der Waals surface area contributed by atoms with E-state index in [4.69, 9.17) is 35.0 Å². The van der Waals surface area contributed by atoms with Gasteiger partial charge in [-0.15, -0.1) is 0 Å². The molecule has 0 radical (unpaired) electrons. The van der Waals surface area contributed by atoms with Gasteiger partial charge in [-0.05, 0) is 0 Å². The molecule has 0 aromatic rings. The second-order valence-corrected chi connectivity index (χ2v) is 5.77. The monoisotopic (exact) mass is 425 g/mol. The molecule has 0 aromatic carbocycles. The molecular formula is C18H23N3O9. The van der Waals surface area contributed by atoms with E-state index >= 15 is 0 Å². The Morgan fingerprint density at radius 1 is 0.800 bits per heavy atom. The summed E-state index contributed by atoms with van der Waals surface area (Å²) in [7, 11) is 0. The summed E-state index contributed by atoms with van der Waals surface area (Å²) >= 11 is 0. The van der Waals surface area contributed by atoms with Crippen LogP contribution in [-0.4, -0.2) is 66.1 Å². The molecule has 12 nitrogen and oxygen atoms in total. The maximum absolute atomic E-state index is 11.5. The predicted molar refractivity (Wildman–Crippen MR) is 94.3 cm³/mol. The Morgan fingerprint density at radius 3 is 1.57 bits per heavy atom. The van der Waals surface area contributed by atoms with E-state index in [1.807, 2.05) is 0 Å². The van der Waals surface area contributed by atoms with Gasteiger partial charge in [-0.3, -0.25) is 14.4 Å². The Labute approximate surface area is 173 Å². The van der Waals surface area contributed by atoms with Crippen LogP contribution >= 0.6 is 0 Å². The number of carbonyl (C=O) groups excluding carboxylic acids is 3. The van der Waals surface area contributed by atoms with Gasteiger partial charge in [0.05, 0.1) is 63.9 Å². The van der Waals surface area contributed by atoms with Gasteiger partial charge >= 0.3 is 5.97 Å². The van der Waals surface area contributed by atoms with Crippen LogP contribution in [0.1, 0.15) is 38.5 Å². The summed E-state index contributed by atoms with van der Waals surface area (Å²) in [5.41, 5.74) is 0. The third-order valence-corrected chi connectivity index (χ3v) is 3.42. The molecule has 1 unspecified atom stereocenters. The summed E-state index contributed by atoms with van der Waals surface area (Å²) in [6.07, 6.45) is -3.57. The van der Waals surface area contributed by atoms with Crippen LogP contribution in [0.3, 0.4) is 0 Å². The first-order chi connectivity index (χ1) is 14.3.